The second-order valence-corrected chi connectivity index (χ2v) is 5.82. The first kappa shape index (κ1) is 17.4. The van der Waals surface area contributed by atoms with Crippen LogP contribution in [0.15, 0.2) is 84.9 Å². The monoisotopic (exact) mass is 345 g/mol. The van der Waals surface area contributed by atoms with Gasteiger partial charge >= 0.3 is 5.97 Å². The molecule has 0 heterocycles. The summed E-state index contributed by atoms with van der Waals surface area (Å²) in [6, 6.07) is 25.2. The molecule has 3 aromatic rings. The van der Waals surface area contributed by atoms with Gasteiger partial charge in [0.1, 0.15) is 6.10 Å². The van der Waals surface area contributed by atoms with Crippen molar-refractivity contribution in [3.8, 4) is 0 Å². The van der Waals surface area contributed by atoms with Crippen molar-refractivity contribution in [3.05, 3.63) is 102 Å². The maximum atomic E-state index is 12.6. The second-order valence-electron chi connectivity index (χ2n) is 5.82. The highest BCUT2D eigenvalue weighted by Gasteiger charge is 2.18. The van der Waals surface area contributed by atoms with Crippen molar-refractivity contribution in [1.82, 2.24) is 0 Å². The van der Waals surface area contributed by atoms with Crippen LogP contribution in [0.2, 0.25) is 0 Å². The zero-order valence-corrected chi connectivity index (χ0v) is 14.4. The van der Waals surface area contributed by atoms with E-state index in [1.54, 1.807) is 48.5 Å². The van der Waals surface area contributed by atoms with Crippen molar-refractivity contribution in [2.45, 2.75) is 13.0 Å². The molecule has 0 radical (unpaired) electrons. The molecule has 1 atom stereocenters. The molecule has 0 bridgehead atoms. The zero-order chi connectivity index (χ0) is 18.4. The van der Waals surface area contributed by atoms with Crippen LogP contribution >= 0.6 is 0 Å². The summed E-state index contributed by atoms with van der Waals surface area (Å²) in [7, 11) is 0. The van der Waals surface area contributed by atoms with E-state index >= 15 is 0 Å². The normalized spacial score (nSPS) is 11.4. The molecule has 4 nitrogen and oxygen atoms in total. The molecule has 0 aliphatic heterocycles. The Balaban J connectivity index is 1.76. The maximum absolute atomic E-state index is 12.6. The molecule has 0 aromatic heterocycles. The molecule has 0 aliphatic carbocycles. The third-order valence-electron chi connectivity index (χ3n) is 3.98. The van der Waals surface area contributed by atoms with Gasteiger partial charge in [-0.25, -0.2) is 4.79 Å². The summed E-state index contributed by atoms with van der Waals surface area (Å²) in [5.41, 5.74) is 2.17. The van der Waals surface area contributed by atoms with E-state index in [4.69, 9.17) is 4.74 Å². The zero-order valence-electron chi connectivity index (χ0n) is 14.4. The fourth-order valence-corrected chi connectivity index (χ4v) is 2.57. The van der Waals surface area contributed by atoms with E-state index in [-0.39, 0.29) is 12.0 Å². The van der Waals surface area contributed by atoms with E-state index < -0.39 is 5.97 Å². The SMILES string of the molecule is C[C@@H](OC(=O)c1ccccc1NC(=O)c1ccccc1)c1ccccc1. The van der Waals surface area contributed by atoms with Crippen LogP contribution in [-0.2, 0) is 4.74 Å². The van der Waals surface area contributed by atoms with Crippen molar-refractivity contribution < 1.29 is 14.3 Å². The Kier molecular flexibility index (Phi) is 5.44. The molecule has 26 heavy (non-hydrogen) atoms. The van der Waals surface area contributed by atoms with Crippen LogP contribution in [-0.4, -0.2) is 11.9 Å². The van der Waals surface area contributed by atoms with Gasteiger partial charge in [0.05, 0.1) is 11.3 Å². The second kappa shape index (κ2) is 8.12. The summed E-state index contributed by atoms with van der Waals surface area (Å²) in [5.74, 6) is -0.757. The Hall–Kier alpha value is -3.40. The van der Waals surface area contributed by atoms with Crippen molar-refractivity contribution in [1.29, 1.82) is 0 Å². The lowest BCUT2D eigenvalue weighted by molar-refractivity contribution is 0.0339. The Morgan fingerprint density at radius 1 is 0.808 bits per heavy atom. The summed E-state index contributed by atoms with van der Waals surface area (Å²) >= 11 is 0. The number of para-hydroxylation sites is 1. The van der Waals surface area contributed by atoms with E-state index in [9.17, 15) is 9.59 Å². The smallest absolute Gasteiger partial charge is 0.340 e. The van der Waals surface area contributed by atoms with Gasteiger partial charge in [0.2, 0.25) is 0 Å². The number of anilines is 1. The number of carbonyl (C=O) groups is 2. The molecule has 0 saturated heterocycles. The molecule has 0 unspecified atom stereocenters. The topological polar surface area (TPSA) is 55.4 Å². The van der Waals surface area contributed by atoms with Crippen LogP contribution < -0.4 is 5.32 Å². The number of carbonyl (C=O) groups excluding carboxylic acids is 2. The van der Waals surface area contributed by atoms with Gasteiger partial charge in [-0.15, -0.1) is 0 Å². The van der Waals surface area contributed by atoms with Crippen LogP contribution in [0.4, 0.5) is 5.69 Å². The van der Waals surface area contributed by atoms with Crippen LogP contribution in [0, 0.1) is 0 Å². The van der Waals surface area contributed by atoms with Gasteiger partial charge in [-0.05, 0) is 36.8 Å². The third kappa shape index (κ3) is 4.16. The molecule has 3 aromatic carbocycles. The van der Waals surface area contributed by atoms with Gasteiger partial charge in [-0.1, -0.05) is 60.7 Å². The third-order valence-corrected chi connectivity index (χ3v) is 3.98. The van der Waals surface area contributed by atoms with E-state index in [0.717, 1.165) is 5.56 Å². The molecular weight excluding hydrogens is 326 g/mol. The van der Waals surface area contributed by atoms with E-state index in [1.807, 2.05) is 43.3 Å². The number of ether oxygens (including phenoxy) is 1. The summed E-state index contributed by atoms with van der Waals surface area (Å²) in [4.78, 5) is 25.0. The van der Waals surface area contributed by atoms with Crippen LogP contribution in [0.3, 0.4) is 0 Å². The number of hydrogen-bond acceptors (Lipinski definition) is 3. The molecule has 3 rings (SSSR count). The van der Waals surface area contributed by atoms with E-state index in [0.29, 0.717) is 16.8 Å². The number of hydrogen-bond donors (Lipinski definition) is 1. The maximum Gasteiger partial charge on any atom is 0.340 e. The number of nitrogens with one attached hydrogen (secondary N) is 1. The Morgan fingerprint density at radius 3 is 2.08 bits per heavy atom. The summed E-state index contributed by atoms with van der Waals surface area (Å²) in [5, 5.41) is 2.78. The first-order valence-corrected chi connectivity index (χ1v) is 8.36. The van der Waals surface area contributed by atoms with Gasteiger partial charge in [0, 0.05) is 5.56 Å². The summed E-state index contributed by atoms with van der Waals surface area (Å²) in [6.07, 6.45) is -0.387. The minimum atomic E-state index is -0.481. The molecule has 0 aliphatic rings. The number of amides is 1. The minimum Gasteiger partial charge on any atom is -0.454 e. The van der Waals surface area contributed by atoms with Crippen molar-refractivity contribution in [2.24, 2.45) is 0 Å². The highest BCUT2D eigenvalue weighted by molar-refractivity contribution is 6.08. The van der Waals surface area contributed by atoms with Crippen molar-refractivity contribution in [3.63, 3.8) is 0 Å². The van der Waals surface area contributed by atoms with Gasteiger partial charge in [-0.3, -0.25) is 4.79 Å². The number of benzene rings is 3. The molecular formula is C22H19NO3. The van der Waals surface area contributed by atoms with Crippen LogP contribution in [0.5, 0.6) is 0 Å². The van der Waals surface area contributed by atoms with Crippen LogP contribution in [0.1, 0.15) is 39.3 Å². The molecule has 1 N–H and O–H groups in total. The minimum absolute atomic E-state index is 0.276. The highest BCUT2D eigenvalue weighted by atomic mass is 16.5. The predicted octanol–water partition coefficient (Wildman–Crippen LogP) is 4.86. The standard InChI is InChI=1S/C22H19NO3/c1-16(17-10-4-2-5-11-17)26-22(25)19-14-8-9-15-20(19)23-21(24)18-12-6-3-7-13-18/h2-16H,1H3,(H,23,24)/t16-/m1/s1. The van der Waals surface area contributed by atoms with Crippen molar-refractivity contribution >= 4 is 17.6 Å². The lowest BCUT2D eigenvalue weighted by atomic mass is 10.1. The van der Waals surface area contributed by atoms with E-state index in [1.165, 1.54) is 0 Å². The Morgan fingerprint density at radius 2 is 1.38 bits per heavy atom. The van der Waals surface area contributed by atoms with E-state index in [2.05, 4.69) is 5.32 Å². The first-order valence-electron chi connectivity index (χ1n) is 8.36. The molecule has 130 valence electrons. The van der Waals surface area contributed by atoms with Crippen molar-refractivity contribution in [2.75, 3.05) is 5.32 Å². The highest BCUT2D eigenvalue weighted by Crippen LogP contribution is 2.22. The number of esters is 1. The molecule has 4 heteroatoms. The Labute approximate surface area is 152 Å². The summed E-state index contributed by atoms with van der Waals surface area (Å²) in [6.45, 7) is 1.82. The largest absolute Gasteiger partial charge is 0.454 e. The van der Waals surface area contributed by atoms with Gasteiger partial charge in [-0.2, -0.15) is 0 Å². The predicted molar refractivity (Wildman–Crippen MR) is 101 cm³/mol. The quantitative estimate of drug-likeness (QED) is 0.672. The Bertz CT molecular complexity index is 892. The van der Waals surface area contributed by atoms with Crippen LogP contribution in [0.25, 0.3) is 0 Å². The molecule has 0 saturated carbocycles. The average molecular weight is 345 g/mol. The average Bonchev–Trinajstić information content (AvgIpc) is 2.69. The van der Waals surface area contributed by atoms with Gasteiger partial charge in [0.25, 0.3) is 5.91 Å². The number of rotatable bonds is 5. The lowest BCUT2D eigenvalue weighted by Gasteiger charge is -2.15. The van der Waals surface area contributed by atoms with Gasteiger partial charge < -0.3 is 10.1 Å². The molecule has 0 spiro atoms. The molecule has 1 amide bonds. The first-order chi connectivity index (χ1) is 12.6. The lowest BCUT2D eigenvalue weighted by Crippen LogP contribution is -2.16. The van der Waals surface area contributed by atoms with Gasteiger partial charge in [0.15, 0.2) is 0 Å². The fourth-order valence-electron chi connectivity index (χ4n) is 2.57. The summed E-state index contributed by atoms with van der Waals surface area (Å²) < 4.78 is 5.56. The fraction of sp³-hybridized carbons (Fsp3) is 0.0909. The molecule has 0 fully saturated rings.